The Kier molecular flexibility index (Phi) is 2.85. The molecule has 1 spiro atoms. The summed E-state index contributed by atoms with van der Waals surface area (Å²) >= 11 is 0. The van der Waals surface area contributed by atoms with Crippen molar-refractivity contribution < 1.29 is 4.74 Å². The normalized spacial score (nSPS) is 37.1. The summed E-state index contributed by atoms with van der Waals surface area (Å²) in [5, 5.41) is 0. The summed E-state index contributed by atoms with van der Waals surface area (Å²) in [4.78, 5) is 2.44. The summed E-state index contributed by atoms with van der Waals surface area (Å²) in [6.45, 7) is 7.97. The van der Waals surface area contributed by atoms with Gasteiger partial charge in [0, 0.05) is 19.7 Å². The van der Waals surface area contributed by atoms with Gasteiger partial charge in [-0.3, -0.25) is 0 Å². The van der Waals surface area contributed by atoms with Gasteiger partial charge in [0.05, 0.1) is 6.10 Å². The molecule has 1 aliphatic heterocycles. The Bertz CT molecular complexity index is 198. The van der Waals surface area contributed by atoms with E-state index in [1.807, 2.05) is 0 Å². The van der Waals surface area contributed by atoms with Crippen molar-refractivity contribution in [3.05, 3.63) is 0 Å². The molecule has 0 aromatic carbocycles. The summed E-state index contributed by atoms with van der Waals surface area (Å²) in [6.07, 6.45) is 4.58. The van der Waals surface area contributed by atoms with Crippen LogP contribution in [-0.4, -0.2) is 37.7 Å². The molecule has 0 unspecified atom stereocenters. The molecule has 0 radical (unpaired) electrons. The minimum absolute atomic E-state index is 0.538. The molecule has 2 heteroatoms. The first-order chi connectivity index (χ1) is 6.65. The minimum Gasteiger partial charge on any atom is -0.378 e. The Labute approximate surface area is 87.6 Å². The maximum atomic E-state index is 5.77. The number of likely N-dealkylation sites (tertiary alicyclic amines) is 1. The molecule has 2 atom stereocenters. The SMILES string of the molecule is CCO[C@@H]1CCC2(C[C@@H]1C)CN(C)C2. The topological polar surface area (TPSA) is 12.5 Å². The van der Waals surface area contributed by atoms with Crippen LogP contribution in [0.4, 0.5) is 0 Å². The molecule has 0 aromatic heterocycles. The maximum absolute atomic E-state index is 5.77. The summed E-state index contributed by atoms with van der Waals surface area (Å²) in [5.41, 5.74) is 0.668. The monoisotopic (exact) mass is 197 g/mol. The van der Waals surface area contributed by atoms with Crippen LogP contribution in [0.3, 0.4) is 0 Å². The van der Waals surface area contributed by atoms with Gasteiger partial charge in [0.2, 0.25) is 0 Å². The van der Waals surface area contributed by atoms with Gasteiger partial charge in [0.15, 0.2) is 0 Å². The van der Waals surface area contributed by atoms with E-state index in [4.69, 9.17) is 4.74 Å². The Morgan fingerprint density at radius 1 is 1.43 bits per heavy atom. The molecule has 0 bridgehead atoms. The number of hydrogen-bond donors (Lipinski definition) is 0. The first kappa shape index (κ1) is 10.4. The molecule has 0 aromatic rings. The zero-order chi connectivity index (χ0) is 10.2. The van der Waals surface area contributed by atoms with Crippen LogP contribution in [-0.2, 0) is 4.74 Å². The van der Waals surface area contributed by atoms with Gasteiger partial charge in [0.25, 0.3) is 0 Å². The van der Waals surface area contributed by atoms with Gasteiger partial charge in [-0.25, -0.2) is 0 Å². The van der Waals surface area contributed by atoms with Gasteiger partial charge in [-0.05, 0) is 44.6 Å². The third-order valence-corrected chi connectivity index (χ3v) is 3.94. The molecule has 2 fully saturated rings. The molecule has 2 aliphatic rings. The van der Waals surface area contributed by atoms with Crippen molar-refractivity contribution in [2.24, 2.45) is 11.3 Å². The average Bonchev–Trinajstić information content (AvgIpc) is 2.08. The highest BCUT2D eigenvalue weighted by Gasteiger charge is 2.46. The van der Waals surface area contributed by atoms with Crippen molar-refractivity contribution in [1.82, 2.24) is 4.90 Å². The van der Waals surface area contributed by atoms with Crippen LogP contribution in [0, 0.1) is 11.3 Å². The Balaban J connectivity index is 1.87. The molecule has 1 aliphatic carbocycles. The van der Waals surface area contributed by atoms with Crippen molar-refractivity contribution in [2.45, 2.75) is 39.2 Å². The van der Waals surface area contributed by atoms with Gasteiger partial charge >= 0.3 is 0 Å². The summed E-state index contributed by atoms with van der Waals surface area (Å²) in [7, 11) is 2.23. The molecule has 0 N–H and O–H groups in total. The summed E-state index contributed by atoms with van der Waals surface area (Å²) in [5.74, 6) is 0.761. The first-order valence-corrected chi connectivity index (χ1v) is 5.95. The van der Waals surface area contributed by atoms with E-state index < -0.39 is 0 Å². The molecule has 1 heterocycles. The van der Waals surface area contributed by atoms with E-state index >= 15 is 0 Å². The highest BCUT2D eigenvalue weighted by Crippen LogP contribution is 2.45. The summed E-state index contributed by atoms with van der Waals surface area (Å²) < 4.78 is 5.77. The summed E-state index contributed by atoms with van der Waals surface area (Å²) in [6, 6.07) is 0. The Morgan fingerprint density at radius 2 is 2.14 bits per heavy atom. The molecule has 0 amide bonds. The number of rotatable bonds is 2. The predicted octanol–water partition coefficient (Wildman–Crippen LogP) is 2.14. The molecule has 1 saturated carbocycles. The fraction of sp³-hybridized carbons (Fsp3) is 1.00. The van der Waals surface area contributed by atoms with E-state index in [0.717, 1.165) is 12.5 Å². The van der Waals surface area contributed by atoms with E-state index in [-0.39, 0.29) is 0 Å². The molecule has 1 saturated heterocycles. The fourth-order valence-corrected chi connectivity index (χ4v) is 3.50. The van der Waals surface area contributed by atoms with E-state index in [2.05, 4.69) is 25.8 Å². The van der Waals surface area contributed by atoms with E-state index in [1.165, 1.54) is 32.4 Å². The van der Waals surface area contributed by atoms with Gasteiger partial charge < -0.3 is 9.64 Å². The van der Waals surface area contributed by atoms with Crippen molar-refractivity contribution in [1.29, 1.82) is 0 Å². The minimum atomic E-state index is 0.538. The zero-order valence-electron chi connectivity index (χ0n) is 9.75. The van der Waals surface area contributed by atoms with Crippen LogP contribution in [0.5, 0.6) is 0 Å². The van der Waals surface area contributed by atoms with Crippen LogP contribution < -0.4 is 0 Å². The lowest BCUT2D eigenvalue weighted by atomic mass is 9.65. The lowest BCUT2D eigenvalue weighted by Gasteiger charge is -2.54. The third-order valence-electron chi connectivity index (χ3n) is 3.94. The lowest BCUT2D eigenvalue weighted by molar-refractivity contribution is -0.0863. The quantitative estimate of drug-likeness (QED) is 0.672. The maximum Gasteiger partial charge on any atom is 0.0600 e. The van der Waals surface area contributed by atoms with Crippen LogP contribution >= 0.6 is 0 Å². The number of hydrogen-bond acceptors (Lipinski definition) is 2. The Hall–Kier alpha value is -0.0800. The third kappa shape index (κ3) is 1.82. The predicted molar refractivity (Wildman–Crippen MR) is 58.4 cm³/mol. The van der Waals surface area contributed by atoms with Crippen molar-refractivity contribution in [2.75, 3.05) is 26.7 Å². The van der Waals surface area contributed by atoms with Crippen molar-refractivity contribution in [3.63, 3.8) is 0 Å². The molecular formula is C12H23NO. The van der Waals surface area contributed by atoms with E-state index in [0.29, 0.717) is 11.5 Å². The van der Waals surface area contributed by atoms with Gasteiger partial charge in [-0.15, -0.1) is 0 Å². The second-order valence-corrected chi connectivity index (χ2v) is 5.39. The highest BCUT2D eigenvalue weighted by molar-refractivity contribution is 4.98. The van der Waals surface area contributed by atoms with Gasteiger partial charge in [0.1, 0.15) is 0 Å². The number of ether oxygens (including phenoxy) is 1. The van der Waals surface area contributed by atoms with Gasteiger partial charge in [-0.1, -0.05) is 6.92 Å². The van der Waals surface area contributed by atoms with Gasteiger partial charge in [-0.2, -0.15) is 0 Å². The second kappa shape index (κ2) is 3.82. The number of nitrogens with zero attached hydrogens (tertiary/aromatic N) is 1. The van der Waals surface area contributed by atoms with Crippen molar-refractivity contribution in [3.8, 4) is 0 Å². The fourth-order valence-electron chi connectivity index (χ4n) is 3.50. The molecule has 14 heavy (non-hydrogen) atoms. The Morgan fingerprint density at radius 3 is 2.64 bits per heavy atom. The zero-order valence-corrected chi connectivity index (χ0v) is 9.75. The second-order valence-electron chi connectivity index (χ2n) is 5.39. The average molecular weight is 197 g/mol. The smallest absolute Gasteiger partial charge is 0.0600 e. The molecule has 2 nitrogen and oxygen atoms in total. The largest absolute Gasteiger partial charge is 0.378 e. The van der Waals surface area contributed by atoms with Crippen LogP contribution in [0.15, 0.2) is 0 Å². The molecular weight excluding hydrogens is 174 g/mol. The van der Waals surface area contributed by atoms with E-state index in [1.54, 1.807) is 0 Å². The molecule has 2 rings (SSSR count). The lowest BCUT2D eigenvalue weighted by Crippen LogP contribution is -2.57. The van der Waals surface area contributed by atoms with Crippen LogP contribution in [0.1, 0.15) is 33.1 Å². The molecule has 82 valence electrons. The van der Waals surface area contributed by atoms with Crippen LogP contribution in [0.25, 0.3) is 0 Å². The standard InChI is InChI=1S/C12H23NO/c1-4-14-11-5-6-12(7-10(11)2)8-13(3)9-12/h10-11H,4-9H2,1-3H3/t10-,11+/m0/s1. The highest BCUT2D eigenvalue weighted by atomic mass is 16.5. The first-order valence-electron chi connectivity index (χ1n) is 5.95. The van der Waals surface area contributed by atoms with Crippen molar-refractivity contribution >= 4 is 0 Å². The van der Waals surface area contributed by atoms with E-state index in [9.17, 15) is 0 Å². The van der Waals surface area contributed by atoms with Crippen LogP contribution in [0.2, 0.25) is 0 Å².